The fourth-order valence-corrected chi connectivity index (χ4v) is 2.88. The summed E-state index contributed by atoms with van der Waals surface area (Å²) in [5, 5.41) is 10.1. The molecule has 0 bridgehead atoms. The molecule has 1 aliphatic heterocycles. The van der Waals surface area contributed by atoms with Gasteiger partial charge in [0.1, 0.15) is 11.4 Å². The summed E-state index contributed by atoms with van der Waals surface area (Å²) in [6.07, 6.45) is 1.68. The molecule has 1 aromatic carbocycles. The number of nitrogens with zero attached hydrogens (tertiary/aromatic N) is 2. The average Bonchev–Trinajstić information content (AvgIpc) is 2.57. The topological polar surface area (TPSA) is 62.7 Å². The SMILES string of the molecule is Cc1ccc(Cl)c(-c2cnc(N3CCOCC3)c(C(=O)O)c2)c1. The lowest BCUT2D eigenvalue weighted by molar-refractivity contribution is 0.0696. The number of halogens is 1. The molecule has 1 saturated heterocycles. The van der Waals surface area contributed by atoms with Gasteiger partial charge < -0.3 is 14.7 Å². The highest BCUT2D eigenvalue weighted by Gasteiger charge is 2.21. The van der Waals surface area contributed by atoms with Gasteiger partial charge in [-0.2, -0.15) is 0 Å². The fourth-order valence-electron chi connectivity index (χ4n) is 2.65. The van der Waals surface area contributed by atoms with Gasteiger partial charge in [-0.25, -0.2) is 9.78 Å². The number of hydrogen-bond donors (Lipinski definition) is 1. The normalized spacial score (nSPS) is 14.8. The summed E-state index contributed by atoms with van der Waals surface area (Å²) in [5.74, 6) is -0.516. The van der Waals surface area contributed by atoms with Gasteiger partial charge in [0.2, 0.25) is 0 Å². The van der Waals surface area contributed by atoms with Gasteiger partial charge in [0.15, 0.2) is 0 Å². The van der Waals surface area contributed by atoms with Gasteiger partial charge in [-0.3, -0.25) is 0 Å². The van der Waals surface area contributed by atoms with Crippen LogP contribution in [-0.2, 0) is 4.74 Å². The van der Waals surface area contributed by atoms with E-state index in [1.165, 1.54) is 0 Å². The summed E-state index contributed by atoms with van der Waals surface area (Å²) in [6.45, 7) is 4.39. The van der Waals surface area contributed by atoms with Crippen LogP contribution in [0.15, 0.2) is 30.5 Å². The number of hydrogen-bond acceptors (Lipinski definition) is 4. The van der Waals surface area contributed by atoms with Crippen LogP contribution in [0.4, 0.5) is 5.82 Å². The molecule has 0 radical (unpaired) electrons. The summed E-state index contributed by atoms with van der Waals surface area (Å²) in [5.41, 5.74) is 2.73. The van der Waals surface area contributed by atoms with Crippen molar-refractivity contribution < 1.29 is 14.6 Å². The van der Waals surface area contributed by atoms with Gasteiger partial charge in [-0.05, 0) is 25.1 Å². The molecule has 0 atom stereocenters. The minimum absolute atomic E-state index is 0.182. The van der Waals surface area contributed by atoms with Gasteiger partial charge in [0.05, 0.1) is 13.2 Å². The highest BCUT2D eigenvalue weighted by molar-refractivity contribution is 6.33. The van der Waals surface area contributed by atoms with Crippen LogP contribution in [0.25, 0.3) is 11.1 Å². The summed E-state index contributed by atoms with van der Waals surface area (Å²) >= 11 is 6.25. The van der Waals surface area contributed by atoms with E-state index in [4.69, 9.17) is 16.3 Å². The van der Waals surface area contributed by atoms with Crippen molar-refractivity contribution in [3.63, 3.8) is 0 Å². The Hall–Kier alpha value is -2.11. The van der Waals surface area contributed by atoms with E-state index in [2.05, 4.69) is 4.98 Å². The maximum absolute atomic E-state index is 11.7. The summed E-state index contributed by atoms with van der Waals surface area (Å²) < 4.78 is 5.31. The molecule has 0 amide bonds. The van der Waals surface area contributed by atoms with E-state index >= 15 is 0 Å². The van der Waals surface area contributed by atoms with Gasteiger partial charge in [0, 0.05) is 35.4 Å². The lowest BCUT2D eigenvalue weighted by atomic mass is 10.0. The van der Waals surface area contributed by atoms with Crippen LogP contribution in [0.2, 0.25) is 5.02 Å². The van der Waals surface area contributed by atoms with E-state index in [0.29, 0.717) is 42.7 Å². The van der Waals surface area contributed by atoms with Crippen LogP contribution < -0.4 is 4.90 Å². The summed E-state index contributed by atoms with van der Waals surface area (Å²) in [7, 11) is 0. The molecule has 6 heteroatoms. The van der Waals surface area contributed by atoms with Gasteiger partial charge >= 0.3 is 5.97 Å². The molecule has 0 unspecified atom stereocenters. The van der Waals surface area contributed by atoms with E-state index in [9.17, 15) is 9.90 Å². The van der Waals surface area contributed by atoms with Crippen LogP contribution in [-0.4, -0.2) is 42.4 Å². The monoisotopic (exact) mass is 332 g/mol. The zero-order valence-corrected chi connectivity index (χ0v) is 13.5. The molecular formula is C17H17ClN2O3. The van der Waals surface area contributed by atoms with E-state index in [1.54, 1.807) is 12.3 Å². The highest BCUT2D eigenvalue weighted by atomic mass is 35.5. The molecule has 0 saturated carbocycles. The van der Waals surface area contributed by atoms with Crippen molar-refractivity contribution in [1.29, 1.82) is 0 Å². The Labute approximate surface area is 139 Å². The largest absolute Gasteiger partial charge is 0.478 e. The molecular weight excluding hydrogens is 316 g/mol. The number of pyridine rings is 1. The molecule has 3 rings (SSSR count). The quantitative estimate of drug-likeness (QED) is 0.934. The van der Waals surface area contributed by atoms with Crippen molar-refractivity contribution in [3.05, 3.63) is 46.6 Å². The number of rotatable bonds is 3. The second-order valence-corrected chi connectivity index (χ2v) is 5.89. The lowest BCUT2D eigenvalue weighted by Gasteiger charge is -2.29. The first-order valence-electron chi connectivity index (χ1n) is 7.39. The van der Waals surface area contributed by atoms with Gasteiger partial charge in [-0.15, -0.1) is 0 Å². The predicted molar refractivity (Wildman–Crippen MR) is 89.4 cm³/mol. The first-order valence-corrected chi connectivity index (χ1v) is 7.76. The van der Waals surface area contributed by atoms with E-state index in [-0.39, 0.29) is 5.56 Å². The van der Waals surface area contributed by atoms with Crippen molar-refractivity contribution in [2.45, 2.75) is 6.92 Å². The zero-order valence-electron chi connectivity index (χ0n) is 12.8. The first kappa shape index (κ1) is 15.8. The molecule has 1 aromatic heterocycles. The average molecular weight is 333 g/mol. The Morgan fingerprint density at radius 2 is 2.04 bits per heavy atom. The third kappa shape index (κ3) is 3.30. The zero-order chi connectivity index (χ0) is 16.4. The van der Waals surface area contributed by atoms with E-state index < -0.39 is 5.97 Å². The van der Waals surface area contributed by atoms with E-state index in [1.807, 2.05) is 30.0 Å². The number of aromatic carboxylic acids is 1. The number of aryl methyl sites for hydroxylation is 1. The minimum Gasteiger partial charge on any atom is -0.478 e. The maximum atomic E-state index is 11.7. The van der Waals surface area contributed by atoms with Crippen LogP contribution in [0.1, 0.15) is 15.9 Å². The second-order valence-electron chi connectivity index (χ2n) is 5.48. The van der Waals surface area contributed by atoms with Crippen molar-refractivity contribution >= 4 is 23.4 Å². The molecule has 120 valence electrons. The van der Waals surface area contributed by atoms with Crippen LogP contribution >= 0.6 is 11.6 Å². The highest BCUT2D eigenvalue weighted by Crippen LogP contribution is 2.31. The van der Waals surface area contributed by atoms with E-state index in [0.717, 1.165) is 11.1 Å². The molecule has 0 aliphatic carbocycles. The molecule has 0 spiro atoms. The molecule has 1 aliphatic rings. The standard InChI is InChI=1S/C17H17ClN2O3/c1-11-2-3-15(18)13(8-11)12-9-14(17(21)22)16(19-10-12)20-4-6-23-7-5-20/h2-3,8-10H,4-7H2,1H3,(H,21,22). The summed E-state index contributed by atoms with van der Waals surface area (Å²) in [6, 6.07) is 7.29. The number of benzene rings is 1. The number of carbonyl (C=O) groups is 1. The van der Waals surface area contributed by atoms with Crippen LogP contribution in [0, 0.1) is 6.92 Å². The van der Waals surface area contributed by atoms with Crippen molar-refractivity contribution in [3.8, 4) is 11.1 Å². The van der Waals surface area contributed by atoms with Crippen molar-refractivity contribution in [2.75, 3.05) is 31.2 Å². The third-order valence-corrected chi connectivity index (χ3v) is 4.17. The Balaban J connectivity index is 2.05. The minimum atomic E-state index is -0.996. The summed E-state index contributed by atoms with van der Waals surface area (Å²) in [4.78, 5) is 18.0. The number of carboxylic acid groups (broad SMARTS) is 1. The third-order valence-electron chi connectivity index (χ3n) is 3.84. The Morgan fingerprint density at radius 3 is 2.74 bits per heavy atom. The number of anilines is 1. The first-order chi connectivity index (χ1) is 11.1. The van der Waals surface area contributed by atoms with Crippen LogP contribution in [0.5, 0.6) is 0 Å². The Morgan fingerprint density at radius 1 is 1.30 bits per heavy atom. The van der Waals surface area contributed by atoms with Crippen LogP contribution in [0.3, 0.4) is 0 Å². The maximum Gasteiger partial charge on any atom is 0.339 e. The molecule has 23 heavy (non-hydrogen) atoms. The fraction of sp³-hybridized carbons (Fsp3) is 0.294. The number of ether oxygens (including phenoxy) is 1. The molecule has 5 nitrogen and oxygen atoms in total. The lowest BCUT2D eigenvalue weighted by Crippen LogP contribution is -2.37. The van der Waals surface area contributed by atoms with Crippen molar-refractivity contribution in [1.82, 2.24) is 4.98 Å². The molecule has 2 heterocycles. The Kier molecular flexibility index (Phi) is 4.50. The predicted octanol–water partition coefficient (Wildman–Crippen LogP) is 3.25. The second kappa shape index (κ2) is 6.56. The van der Waals surface area contributed by atoms with Crippen molar-refractivity contribution in [2.24, 2.45) is 0 Å². The number of morpholine rings is 1. The number of carboxylic acids is 1. The molecule has 1 N–H and O–H groups in total. The molecule has 2 aromatic rings. The van der Waals surface area contributed by atoms with Gasteiger partial charge in [-0.1, -0.05) is 23.2 Å². The smallest absolute Gasteiger partial charge is 0.339 e. The Bertz CT molecular complexity index is 743. The molecule has 1 fully saturated rings. The van der Waals surface area contributed by atoms with Gasteiger partial charge in [0.25, 0.3) is 0 Å². The number of aromatic nitrogens is 1.